The van der Waals surface area contributed by atoms with Gasteiger partial charge in [-0.25, -0.2) is 0 Å². The normalized spacial score (nSPS) is 10.6. The summed E-state index contributed by atoms with van der Waals surface area (Å²) in [5.74, 6) is 1.21. The second-order valence-electron chi connectivity index (χ2n) is 5.27. The van der Waals surface area contributed by atoms with Crippen LogP contribution in [0.1, 0.15) is 43.5 Å². The van der Waals surface area contributed by atoms with Crippen molar-refractivity contribution >= 4 is 5.91 Å². The molecule has 0 radical (unpaired) electrons. The molecule has 0 aromatic heterocycles. The third-order valence-electron chi connectivity index (χ3n) is 2.82. The van der Waals surface area contributed by atoms with Crippen LogP contribution in [0.25, 0.3) is 0 Å². The molecule has 0 bridgehead atoms. The van der Waals surface area contributed by atoms with Crippen LogP contribution in [0.4, 0.5) is 0 Å². The molecule has 0 aliphatic carbocycles. The number of hydrogen-bond acceptors (Lipinski definition) is 3. The number of nitrogens with one attached hydrogen (secondary N) is 1. The Balaban J connectivity index is 2.33. The molecule has 4 nitrogen and oxygen atoms in total. The van der Waals surface area contributed by atoms with E-state index in [0.29, 0.717) is 24.6 Å². The smallest absolute Gasteiger partial charge is 0.251 e. The maximum Gasteiger partial charge on any atom is 0.251 e. The maximum atomic E-state index is 11.9. The Morgan fingerprint density at radius 1 is 1.20 bits per heavy atom. The van der Waals surface area contributed by atoms with Crippen LogP contribution in [0.2, 0.25) is 0 Å². The predicted molar refractivity (Wildman–Crippen MR) is 80.0 cm³/mol. The van der Waals surface area contributed by atoms with Crippen molar-refractivity contribution in [1.82, 2.24) is 5.32 Å². The summed E-state index contributed by atoms with van der Waals surface area (Å²) in [6.45, 7) is 5.73. The molecule has 0 saturated carbocycles. The molecule has 0 atom stereocenters. The summed E-state index contributed by atoms with van der Waals surface area (Å²) in [5, 5.41) is 11.5. The van der Waals surface area contributed by atoms with Gasteiger partial charge in [-0.2, -0.15) is 0 Å². The minimum atomic E-state index is -0.0654. The molecular formula is C16H25NO3. The molecule has 1 rings (SSSR count). The topological polar surface area (TPSA) is 58.6 Å². The zero-order chi connectivity index (χ0) is 14.8. The molecule has 0 aliphatic heterocycles. The van der Waals surface area contributed by atoms with Gasteiger partial charge in [0.2, 0.25) is 0 Å². The average Bonchev–Trinajstić information content (AvgIpc) is 2.45. The minimum Gasteiger partial charge on any atom is -0.493 e. The number of aliphatic hydroxyl groups is 1. The lowest BCUT2D eigenvalue weighted by Crippen LogP contribution is -2.24. The summed E-state index contributed by atoms with van der Waals surface area (Å²) < 4.78 is 5.57. The lowest BCUT2D eigenvalue weighted by atomic mass is 10.2. The van der Waals surface area contributed by atoms with E-state index in [1.54, 1.807) is 12.1 Å². The minimum absolute atomic E-state index is 0.0654. The SMILES string of the molecule is CC(C)COc1ccc(C(=O)NCCCCCO)cc1. The predicted octanol–water partition coefficient (Wildman–Crippen LogP) is 2.61. The van der Waals surface area contributed by atoms with Gasteiger partial charge in [-0.1, -0.05) is 13.8 Å². The fourth-order valence-corrected chi connectivity index (χ4v) is 1.68. The quantitative estimate of drug-likeness (QED) is 0.683. The Morgan fingerprint density at radius 3 is 2.50 bits per heavy atom. The van der Waals surface area contributed by atoms with Crippen LogP contribution in [-0.4, -0.2) is 30.8 Å². The van der Waals surface area contributed by atoms with Crippen molar-refractivity contribution in [3.63, 3.8) is 0 Å². The highest BCUT2D eigenvalue weighted by Crippen LogP contribution is 2.13. The molecule has 0 unspecified atom stereocenters. The van der Waals surface area contributed by atoms with E-state index in [4.69, 9.17) is 9.84 Å². The van der Waals surface area contributed by atoms with Gasteiger partial charge in [0.15, 0.2) is 0 Å². The van der Waals surface area contributed by atoms with Crippen LogP contribution in [0.5, 0.6) is 5.75 Å². The molecule has 112 valence electrons. The third kappa shape index (κ3) is 6.57. The van der Waals surface area contributed by atoms with Crippen molar-refractivity contribution in [3.8, 4) is 5.75 Å². The summed E-state index contributed by atoms with van der Waals surface area (Å²) >= 11 is 0. The Hall–Kier alpha value is -1.55. The molecule has 20 heavy (non-hydrogen) atoms. The molecular weight excluding hydrogens is 254 g/mol. The first-order chi connectivity index (χ1) is 9.63. The number of unbranched alkanes of at least 4 members (excludes halogenated alkanes) is 2. The lowest BCUT2D eigenvalue weighted by molar-refractivity contribution is 0.0953. The van der Waals surface area contributed by atoms with Crippen molar-refractivity contribution in [3.05, 3.63) is 29.8 Å². The highest BCUT2D eigenvalue weighted by Gasteiger charge is 2.05. The van der Waals surface area contributed by atoms with Gasteiger partial charge in [0.05, 0.1) is 6.61 Å². The largest absolute Gasteiger partial charge is 0.493 e. The third-order valence-corrected chi connectivity index (χ3v) is 2.82. The number of ether oxygens (including phenoxy) is 1. The number of carbonyl (C=O) groups is 1. The number of benzene rings is 1. The number of hydrogen-bond donors (Lipinski definition) is 2. The number of rotatable bonds is 9. The first-order valence-corrected chi connectivity index (χ1v) is 7.25. The van der Waals surface area contributed by atoms with Gasteiger partial charge < -0.3 is 15.2 Å². The highest BCUT2D eigenvalue weighted by molar-refractivity contribution is 5.94. The Kier molecular flexibility index (Phi) is 7.73. The molecule has 1 amide bonds. The van der Waals surface area contributed by atoms with E-state index < -0.39 is 0 Å². The Bertz CT molecular complexity index is 387. The van der Waals surface area contributed by atoms with Crippen LogP contribution in [0, 0.1) is 5.92 Å². The molecule has 1 aromatic rings. The van der Waals surface area contributed by atoms with E-state index >= 15 is 0 Å². The fraction of sp³-hybridized carbons (Fsp3) is 0.562. The summed E-state index contributed by atoms with van der Waals surface area (Å²) in [7, 11) is 0. The van der Waals surface area contributed by atoms with E-state index in [1.807, 2.05) is 12.1 Å². The van der Waals surface area contributed by atoms with Gasteiger partial charge in [0.25, 0.3) is 5.91 Å². The summed E-state index contributed by atoms with van der Waals surface area (Å²) in [6, 6.07) is 7.20. The van der Waals surface area contributed by atoms with E-state index in [2.05, 4.69) is 19.2 Å². The lowest BCUT2D eigenvalue weighted by Gasteiger charge is -2.09. The van der Waals surface area contributed by atoms with E-state index in [9.17, 15) is 4.79 Å². The van der Waals surface area contributed by atoms with Crippen LogP contribution < -0.4 is 10.1 Å². The monoisotopic (exact) mass is 279 g/mol. The zero-order valence-electron chi connectivity index (χ0n) is 12.4. The molecule has 0 fully saturated rings. The summed E-state index contributed by atoms with van der Waals surface area (Å²) in [5.41, 5.74) is 0.643. The summed E-state index contributed by atoms with van der Waals surface area (Å²) in [6.07, 6.45) is 2.61. The van der Waals surface area contributed by atoms with Gasteiger partial charge in [0, 0.05) is 18.7 Å². The van der Waals surface area contributed by atoms with Gasteiger partial charge in [-0.15, -0.1) is 0 Å². The van der Waals surface area contributed by atoms with Crippen LogP contribution in [-0.2, 0) is 0 Å². The first-order valence-electron chi connectivity index (χ1n) is 7.25. The van der Waals surface area contributed by atoms with Crippen LogP contribution in [0.15, 0.2) is 24.3 Å². The molecule has 0 aliphatic rings. The van der Waals surface area contributed by atoms with Gasteiger partial charge in [-0.05, 0) is 49.4 Å². The molecule has 0 heterocycles. The molecule has 1 aromatic carbocycles. The fourth-order valence-electron chi connectivity index (χ4n) is 1.68. The number of amides is 1. The van der Waals surface area contributed by atoms with Crippen molar-refractivity contribution in [2.45, 2.75) is 33.1 Å². The van der Waals surface area contributed by atoms with Crippen molar-refractivity contribution in [1.29, 1.82) is 0 Å². The first kappa shape index (κ1) is 16.5. The van der Waals surface area contributed by atoms with Crippen molar-refractivity contribution < 1.29 is 14.6 Å². The van der Waals surface area contributed by atoms with Gasteiger partial charge in [-0.3, -0.25) is 4.79 Å². The summed E-state index contributed by atoms with van der Waals surface area (Å²) in [4.78, 5) is 11.9. The van der Waals surface area contributed by atoms with E-state index in [1.165, 1.54) is 0 Å². The standard InChI is InChI=1S/C16H25NO3/c1-13(2)12-20-15-8-6-14(7-9-15)16(19)17-10-4-3-5-11-18/h6-9,13,18H,3-5,10-12H2,1-2H3,(H,17,19). The highest BCUT2D eigenvalue weighted by atomic mass is 16.5. The second-order valence-corrected chi connectivity index (χ2v) is 5.27. The Morgan fingerprint density at radius 2 is 1.90 bits per heavy atom. The van der Waals surface area contributed by atoms with E-state index in [0.717, 1.165) is 25.0 Å². The van der Waals surface area contributed by atoms with Gasteiger partial charge >= 0.3 is 0 Å². The molecule has 0 saturated heterocycles. The molecule has 0 spiro atoms. The maximum absolute atomic E-state index is 11.9. The van der Waals surface area contributed by atoms with Crippen molar-refractivity contribution in [2.24, 2.45) is 5.92 Å². The molecule has 2 N–H and O–H groups in total. The van der Waals surface area contributed by atoms with E-state index in [-0.39, 0.29) is 12.5 Å². The van der Waals surface area contributed by atoms with Gasteiger partial charge in [0.1, 0.15) is 5.75 Å². The number of carbonyl (C=O) groups excluding carboxylic acids is 1. The second kappa shape index (κ2) is 9.37. The van der Waals surface area contributed by atoms with Crippen LogP contribution >= 0.6 is 0 Å². The molecule has 4 heteroatoms. The number of aliphatic hydroxyl groups excluding tert-OH is 1. The van der Waals surface area contributed by atoms with Crippen LogP contribution in [0.3, 0.4) is 0 Å². The van der Waals surface area contributed by atoms with Crippen molar-refractivity contribution in [2.75, 3.05) is 19.8 Å². The Labute approximate surface area is 121 Å². The average molecular weight is 279 g/mol. The zero-order valence-corrected chi connectivity index (χ0v) is 12.4.